The molecule has 0 atom stereocenters. The van der Waals surface area contributed by atoms with E-state index in [1.165, 1.54) is 0 Å². The van der Waals surface area contributed by atoms with E-state index in [-0.39, 0.29) is 5.78 Å². The van der Waals surface area contributed by atoms with E-state index in [0.29, 0.717) is 17.9 Å². The van der Waals surface area contributed by atoms with Crippen molar-refractivity contribution < 1.29 is 9.21 Å². The highest BCUT2D eigenvalue weighted by Gasteiger charge is 2.25. The molecule has 0 amide bonds. The van der Waals surface area contributed by atoms with E-state index < -0.39 is 0 Å². The molecule has 0 bridgehead atoms. The molecule has 2 aromatic heterocycles. The van der Waals surface area contributed by atoms with Gasteiger partial charge in [-0.15, -0.1) is 0 Å². The number of hydrogen-bond acceptors (Lipinski definition) is 3. The van der Waals surface area contributed by atoms with Crippen LogP contribution in [0.4, 0.5) is 0 Å². The van der Waals surface area contributed by atoms with Crippen LogP contribution < -0.4 is 0 Å². The molecule has 3 aromatic rings. The lowest BCUT2D eigenvalue weighted by molar-refractivity contribution is 0.104. The summed E-state index contributed by atoms with van der Waals surface area (Å²) in [6.45, 7) is 7.73. The van der Waals surface area contributed by atoms with Gasteiger partial charge < -0.3 is 4.42 Å². The van der Waals surface area contributed by atoms with Crippen LogP contribution >= 0.6 is 0 Å². The highest BCUT2D eigenvalue weighted by molar-refractivity contribution is 6.15. The Balaban J connectivity index is 1.81. The minimum Gasteiger partial charge on any atom is -0.443 e. The van der Waals surface area contributed by atoms with Crippen molar-refractivity contribution in [3.63, 3.8) is 0 Å². The molecule has 0 radical (unpaired) electrons. The molecule has 4 rings (SSSR count). The van der Waals surface area contributed by atoms with Gasteiger partial charge in [0.05, 0.1) is 0 Å². The second kappa shape index (κ2) is 6.14. The number of fused-ring (bicyclic) bond motifs is 1. The molecule has 4 heteroatoms. The number of Topliss-reactive ketones (excluding diaryl/α,β-unsaturated/α-hetero) is 1. The zero-order valence-corrected chi connectivity index (χ0v) is 15.9. The Bertz CT molecular complexity index is 1170. The maximum Gasteiger partial charge on any atom is 0.222 e. The minimum atomic E-state index is 0.0952. The van der Waals surface area contributed by atoms with E-state index in [2.05, 4.69) is 6.07 Å². The monoisotopic (exact) mass is 356 g/mol. The van der Waals surface area contributed by atoms with Crippen molar-refractivity contribution in [3.8, 4) is 12.0 Å². The standard InChI is InChI=1S/C23H20N2O2/c1-13-9-18(11-19-10-17-7-5-6-8-20(17)22(19)26)15(3)25(13)23-21(12-24)14(2)16(4)27-23/h5-9,11H,10H2,1-4H3/b19-11+. The molecule has 1 aliphatic carbocycles. The van der Waals surface area contributed by atoms with E-state index in [9.17, 15) is 10.1 Å². The number of nitriles is 1. The molecule has 4 nitrogen and oxygen atoms in total. The van der Waals surface area contributed by atoms with E-state index in [1.807, 2.05) is 68.7 Å². The number of ketones is 1. The van der Waals surface area contributed by atoms with Gasteiger partial charge in [0, 0.05) is 34.5 Å². The van der Waals surface area contributed by atoms with Crippen LogP contribution in [0.5, 0.6) is 0 Å². The van der Waals surface area contributed by atoms with Crippen molar-refractivity contribution in [2.45, 2.75) is 34.1 Å². The van der Waals surface area contributed by atoms with E-state index in [0.717, 1.165) is 45.0 Å². The van der Waals surface area contributed by atoms with Crippen LogP contribution in [0.25, 0.3) is 12.0 Å². The lowest BCUT2D eigenvalue weighted by Gasteiger charge is -2.06. The smallest absolute Gasteiger partial charge is 0.222 e. The summed E-state index contributed by atoms with van der Waals surface area (Å²) in [5, 5.41) is 9.55. The Labute approximate surface area is 158 Å². The average Bonchev–Trinajstić information content (AvgIpc) is 3.21. The fraction of sp³-hybridized carbons (Fsp3) is 0.217. The molecule has 0 saturated carbocycles. The van der Waals surface area contributed by atoms with Crippen molar-refractivity contribution in [3.05, 3.63) is 80.9 Å². The molecule has 27 heavy (non-hydrogen) atoms. The lowest BCUT2D eigenvalue weighted by atomic mass is 10.1. The number of furan rings is 1. The highest BCUT2D eigenvalue weighted by atomic mass is 16.4. The van der Waals surface area contributed by atoms with Crippen molar-refractivity contribution >= 4 is 11.9 Å². The van der Waals surface area contributed by atoms with Gasteiger partial charge in [0.2, 0.25) is 5.88 Å². The van der Waals surface area contributed by atoms with Gasteiger partial charge in [0.1, 0.15) is 17.4 Å². The summed E-state index contributed by atoms with van der Waals surface area (Å²) in [6.07, 6.45) is 2.62. The maximum atomic E-state index is 12.7. The third-order valence-electron chi connectivity index (χ3n) is 5.42. The molecule has 2 heterocycles. The number of hydrogen-bond donors (Lipinski definition) is 0. The molecule has 0 N–H and O–H groups in total. The predicted molar refractivity (Wildman–Crippen MR) is 104 cm³/mol. The predicted octanol–water partition coefficient (Wildman–Crippen LogP) is 5.00. The largest absolute Gasteiger partial charge is 0.443 e. The SMILES string of the molecule is Cc1oc(-n2c(C)cc(/C=C3\Cc4ccccc4C3=O)c2C)c(C#N)c1C. The van der Waals surface area contributed by atoms with Gasteiger partial charge in [-0.05, 0) is 51.0 Å². The Kier molecular flexibility index (Phi) is 3.89. The van der Waals surface area contributed by atoms with Crippen molar-refractivity contribution in [2.75, 3.05) is 0 Å². The summed E-state index contributed by atoms with van der Waals surface area (Å²) in [7, 11) is 0. The van der Waals surface area contributed by atoms with E-state index >= 15 is 0 Å². The van der Waals surface area contributed by atoms with Crippen molar-refractivity contribution in [1.82, 2.24) is 4.57 Å². The summed E-state index contributed by atoms with van der Waals surface area (Å²) >= 11 is 0. The molecule has 1 aliphatic rings. The lowest BCUT2D eigenvalue weighted by Crippen LogP contribution is -2.00. The summed E-state index contributed by atoms with van der Waals surface area (Å²) in [6, 6.07) is 12.0. The van der Waals surface area contributed by atoms with Crippen molar-refractivity contribution in [2.24, 2.45) is 0 Å². The number of aryl methyl sites for hydroxylation is 2. The third-order valence-corrected chi connectivity index (χ3v) is 5.42. The fourth-order valence-corrected chi connectivity index (χ4v) is 3.80. The molecule has 0 unspecified atom stereocenters. The molecule has 134 valence electrons. The number of rotatable bonds is 2. The molecule has 0 saturated heterocycles. The molecule has 0 spiro atoms. The van der Waals surface area contributed by atoms with Gasteiger partial charge in [-0.1, -0.05) is 24.3 Å². The van der Waals surface area contributed by atoms with Gasteiger partial charge in [-0.25, -0.2) is 0 Å². The molecule has 0 aliphatic heterocycles. The third kappa shape index (κ3) is 2.55. The molecular weight excluding hydrogens is 336 g/mol. The van der Waals surface area contributed by atoms with Crippen LogP contribution in [0.3, 0.4) is 0 Å². The number of carbonyl (C=O) groups excluding carboxylic acids is 1. The number of benzene rings is 1. The minimum absolute atomic E-state index is 0.0952. The highest BCUT2D eigenvalue weighted by Crippen LogP contribution is 2.32. The first kappa shape index (κ1) is 17.1. The van der Waals surface area contributed by atoms with E-state index in [1.54, 1.807) is 0 Å². The Hall–Kier alpha value is -3.32. The van der Waals surface area contributed by atoms with Gasteiger partial charge in [-0.3, -0.25) is 9.36 Å². The summed E-state index contributed by atoms with van der Waals surface area (Å²) in [4.78, 5) is 12.7. The zero-order chi connectivity index (χ0) is 19.3. The quantitative estimate of drug-likeness (QED) is 0.607. The zero-order valence-electron chi connectivity index (χ0n) is 15.9. The Morgan fingerprint density at radius 3 is 2.63 bits per heavy atom. The van der Waals surface area contributed by atoms with Gasteiger partial charge in [-0.2, -0.15) is 5.26 Å². The van der Waals surface area contributed by atoms with Gasteiger partial charge in [0.25, 0.3) is 0 Å². The first-order valence-corrected chi connectivity index (χ1v) is 8.95. The first-order chi connectivity index (χ1) is 12.9. The van der Waals surface area contributed by atoms with E-state index in [4.69, 9.17) is 4.42 Å². The fourth-order valence-electron chi connectivity index (χ4n) is 3.80. The number of nitrogens with zero attached hydrogens (tertiary/aromatic N) is 2. The number of aromatic nitrogens is 1. The Morgan fingerprint density at radius 2 is 1.93 bits per heavy atom. The maximum absolute atomic E-state index is 12.7. The van der Waals surface area contributed by atoms with Crippen LogP contribution in [-0.2, 0) is 6.42 Å². The second-order valence-corrected chi connectivity index (χ2v) is 7.07. The summed E-state index contributed by atoms with van der Waals surface area (Å²) < 4.78 is 7.85. The molecule has 1 aromatic carbocycles. The number of carbonyl (C=O) groups is 1. The molecular formula is C23H20N2O2. The van der Waals surface area contributed by atoms with Crippen LogP contribution in [0, 0.1) is 39.0 Å². The van der Waals surface area contributed by atoms with Gasteiger partial charge >= 0.3 is 0 Å². The van der Waals surface area contributed by atoms with Gasteiger partial charge in [0.15, 0.2) is 5.78 Å². The van der Waals surface area contributed by atoms with Crippen LogP contribution in [-0.4, -0.2) is 10.4 Å². The topological polar surface area (TPSA) is 58.9 Å². The van der Waals surface area contributed by atoms with Crippen LogP contribution in [0.15, 0.2) is 40.3 Å². The normalized spacial score (nSPS) is 14.6. The van der Waals surface area contributed by atoms with Crippen LogP contribution in [0.1, 0.15) is 49.8 Å². The molecule has 0 fully saturated rings. The first-order valence-electron chi connectivity index (χ1n) is 8.95. The Morgan fingerprint density at radius 1 is 1.19 bits per heavy atom. The second-order valence-electron chi connectivity index (χ2n) is 7.07. The van der Waals surface area contributed by atoms with Crippen LogP contribution in [0.2, 0.25) is 0 Å². The van der Waals surface area contributed by atoms with Crippen molar-refractivity contribution in [1.29, 1.82) is 5.26 Å². The summed E-state index contributed by atoms with van der Waals surface area (Å²) in [5.74, 6) is 1.39. The number of allylic oxidation sites excluding steroid dienone is 1. The summed E-state index contributed by atoms with van der Waals surface area (Å²) in [5.41, 5.74) is 6.97. The average molecular weight is 356 g/mol.